The van der Waals surface area contributed by atoms with E-state index in [0.717, 1.165) is 16.9 Å². The number of phenols is 3. The molecule has 1 aliphatic heterocycles. The zero-order valence-corrected chi connectivity index (χ0v) is 14.8. The van der Waals surface area contributed by atoms with Gasteiger partial charge in [0.2, 0.25) is 0 Å². The van der Waals surface area contributed by atoms with Crippen molar-refractivity contribution in [2.75, 3.05) is 0 Å². The Hall–Kier alpha value is -2.38. The van der Waals surface area contributed by atoms with Gasteiger partial charge in [-0.2, -0.15) is 0 Å². The highest BCUT2D eigenvalue weighted by Gasteiger charge is 2.19. The van der Waals surface area contributed by atoms with Crippen molar-refractivity contribution in [3.8, 4) is 27.7 Å². The van der Waals surface area contributed by atoms with E-state index in [2.05, 4.69) is 20.9 Å². The Morgan fingerprint density at radius 3 is 2.67 bits per heavy atom. The molecule has 3 N–H and O–H groups in total. The second-order valence-electron chi connectivity index (χ2n) is 5.10. The highest BCUT2D eigenvalue weighted by atomic mass is 79.9. The van der Waals surface area contributed by atoms with Crippen LogP contribution in [0.4, 0.5) is 0 Å². The van der Waals surface area contributed by atoms with Gasteiger partial charge in [0.15, 0.2) is 11.5 Å². The van der Waals surface area contributed by atoms with Crippen molar-refractivity contribution in [1.82, 2.24) is 4.98 Å². The van der Waals surface area contributed by atoms with E-state index in [1.165, 1.54) is 6.07 Å². The van der Waals surface area contributed by atoms with E-state index in [9.17, 15) is 20.1 Å². The molecule has 0 bridgehead atoms. The number of rotatable bonds is 2. The zero-order valence-electron chi connectivity index (χ0n) is 12.4. The molecule has 5 nitrogen and oxygen atoms in total. The van der Waals surface area contributed by atoms with Gasteiger partial charge in [-0.1, -0.05) is 18.2 Å². The number of nitrogens with zero attached hydrogens (tertiary/aromatic N) is 1. The highest BCUT2D eigenvalue weighted by Crippen LogP contribution is 2.38. The van der Waals surface area contributed by atoms with Crippen LogP contribution in [0.15, 0.2) is 33.5 Å². The number of phenolic OH excluding ortho intramolecular Hbond substituents is 3. The first kappa shape index (κ1) is 16.5. The maximum Gasteiger partial charge on any atom is 0.263 e. The molecule has 1 heterocycles. The summed E-state index contributed by atoms with van der Waals surface area (Å²) >= 11 is 4.45. The molecule has 0 amide bonds. The van der Waals surface area contributed by atoms with E-state index in [0.29, 0.717) is 25.6 Å². The first-order valence-electron chi connectivity index (χ1n) is 6.90. The minimum atomic E-state index is -0.796. The lowest BCUT2D eigenvalue weighted by atomic mass is 10.1. The third kappa shape index (κ3) is 2.88. The lowest BCUT2D eigenvalue weighted by molar-refractivity contribution is 0.443. The summed E-state index contributed by atoms with van der Waals surface area (Å²) in [6.07, 6.45) is 3.50. The molecule has 0 unspecified atom stereocenters. The maximum absolute atomic E-state index is 11.7. The maximum atomic E-state index is 11.7. The van der Waals surface area contributed by atoms with E-state index >= 15 is 0 Å². The molecular formula is C17H12BrNO4S. The number of fused-ring (bicyclic) bond motifs is 1. The van der Waals surface area contributed by atoms with Gasteiger partial charge in [0.05, 0.1) is 9.35 Å². The van der Waals surface area contributed by atoms with Gasteiger partial charge in [-0.15, -0.1) is 11.3 Å². The quantitative estimate of drug-likeness (QED) is 0.599. The topological polar surface area (TPSA) is 90.7 Å². The Balaban J connectivity index is 2.11. The van der Waals surface area contributed by atoms with Gasteiger partial charge in [-0.25, -0.2) is 4.98 Å². The number of aromatic nitrogens is 1. The molecule has 0 saturated heterocycles. The third-order valence-electron chi connectivity index (χ3n) is 3.48. The summed E-state index contributed by atoms with van der Waals surface area (Å²) in [6.45, 7) is 1.74. The van der Waals surface area contributed by atoms with Crippen molar-refractivity contribution in [2.45, 2.75) is 6.92 Å². The summed E-state index contributed by atoms with van der Waals surface area (Å²) < 4.78 is 0.568. The fourth-order valence-corrected chi connectivity index (χ4v) is 3.67. The minimum Gasteiger partial charge on any atom is -0.507 e. The van der Waals surface area contributed by atoms with Crippen LogP contribution >= 0.6 is 27.3 Å². The summed E-state index contributed by atoms with van der Waals surface area (Å²) in [6, 6.07) is 6.43. The van der Waals surface area contributed by atoms with Crippen LogP contribution in [0.3, 0.4) is 0 Å². The second-order valence-corrected chi connectivity index (χ2v) is 6.92. The monoisotopic (exact) mass is 405 g/mol. The van der Waals surface area contributed by atoms with Crippen molar-refractivity contribution in [3.63, 3.8) is 0 Å². The number of hydrogen-bond acceptors (Lipinski definition) is 6. The predicted octanol–water partition coefficient (Wildman–Crippen LogP) is 3.97. The average Bonchev–Trinajstić information content (AvgIpc) is 2.55. The van der Waals surface area contributed by atoms with Gasteiger partial charge >= 0.3 is 0 Å². The van der Waals surface area contributed by atoms with Crippen LogP contribution in [-0.4, -0.2) is 20.3 Å². The third-order valence-corrected chi connectivity index (χ3v) is 5.39. The van der Waals surface area contributed by atoms with Crippen molar-refractivity contribution < 1.29 is 15.3 Å². The standard InChI is InChI=1S/C17H12BrNO4S/c1-8-10-7-12(21)15(22)16(23)17(10)24-13(19-8)6-5-9-3-2-4-11(20)14(9)18/h2-7,20-21,23H,1H3/b6-5+. The Morgan fingerprint density at radius 1 is 1.17 bits per heavy atom. The van der Waals surface area contributed by atoms with Crippen LogP contribution in [0, 0.1) is 6.92 Å². The average molecular weight is 406 g/mol. The highest BCUT2D eigenvalue weighted by molar-refractivity contribution is 9.10. The number of halogens is 1. The minimum absolute atomic E-state index is 0.132. The zero-order chi connectivity index (χ0) is 17.4. The fourth-order valence-electron chi connectivity index (χ4n) is 2.24. The Morgan fingerprint density at radius 2 is 1.92 bits per heavy atom. The Labute approximate surface area is 149 Å². The smallest absolute Gasteiger partial charge is 0.263 e. The molecule has 1 aromatic carbocycles. The summed E-state index contributed by atoms with van der Waals surface area (Å²) in [5, 5.41) is 29.8. The largest absolute Gasteiger partial charge is 0.507 e. The van der Waals surface area contributed by atoms with Crippen LogP contribution in [0.25, 0.3) is 22.6 Å². The molecule has 0 radical (unpaired) electrons. The van der Waals surface area contributed by atoms with Gasteiger partial charge in [0.1, 0.15) is 10.8 Å². The summed E-state index contributed by atoms with van der Waals surface area (Å²) in [5.74, 6) is -0.842. The molecule has 0 aromatic heterocycles. The van der Waals surface area contributed by atoms with Crippen molar-refractivity contribution >= 4 is 39.4 Å². The molecule has 24 heavy (non-hydrogen) atoms. The molecule has 3 rings (SSSR count). The summed E-state index contributed by atoms with van der Waals surface area (Å²) in [7, 11) is 0. The lowest BCUT2D eigenvalue weighted by Crippen LogP contribution is -2.03. The predicted molar refractivity (Wildman–Crippen MR) is 97.8 cm³/mol. The molecule has 7 heteroatoms. The van der Waals surface area contributed by atoms with Gasteiger partial charge in [0.25, 0.3) is 5.43 Å². The normalized spacial score (nSPS) is 11.4. The van der Waals surface area contributed by atoms with Gasteiger partial charge in [0, 0.05) is 11.3 Å². The summed E-state index contributed by atoms with van der Waals surface area (Å²) in [5.41, 5.74) is 1.09. The van der Waals surface area contributed by atoms with Gasteiger partial charge in [-0.3, -0.25) is 4.79 Å². The van der Waals surface area contributed by atoms with E-state index in [4.69, 9.17) is 0 Å². The van der Waals surface area contributed by atoms with Crippen molar-refractivity contribution in [1.29, 1.82) is 0 Å². The molecule has 122 valence electrons. The Bertz CT molecular complexity index is 997. The molecule has 1 aromatic rings. The molecular weight excluding hydrogens is 394 g/mol. The van der Waals surface area contributed by atoms with Crippen LogP contribution in [0.5, 0.6) is 17.2 Å². The molecule has 2 aliphatic rings. The van der Waals surface area contributed by atoms with Crippen molar-refractivity contribution in [3.05, 3.63) is 55.2 Å². The van der Waals surface area contributed by atoms with Gasteiger partial charge < -0.3 is 15.3 Å². The fraction of sp³-hybridized carbons (Fsp3) is 0.0588. The van der Waals surface area contributed by atoms with Crippen molar-refractivity contribution in [2.24, 2.45) is 0 Å². The SMILES string of the molecule is Cc1nc(/C=C/c2cccc(O)c2Br)sc2c(O)c(=O)c(O)cc1-2. The number of benzene rings is 2. The summed E-state index contributed by atoms with van der Waals surface area (Å²) in [4.78, 5) is 16.5. The molecule has 0 saturated carbocycles. The van der Waals surface area contributed by atoms with Crippen LogP contribution < -0.4 is 5.43 Å². The first-order valence-corrected chi connectivity index (χ1v) is 8.51. The number of aromatic hydroxyl groups is 3. The van der Waals surface area contributed by atoms with E-state index < -0.39 is 16.9 Å². The molecule has 0 spiro atoms. The number of aryl methyl sites for hydroxylation is 1. The molecule has 0 fully saturated rings. The van der Waals surface area contributed by atoms with E-state index in [1.54, 1.807) is 31.2 Å². The molecule has 0 atom stereocenters. The van der Waals surface area contributed by atoms with E-state index in [-0.39, 0.29) is 5.75 Å². The van der Waals surface area contributed by atoms with Crippen LogP contribution in [0.1, 0.15) is 16.3 Å². The molecule has 1 aliphatic carbocycles. The second kappa shape index (κ2) is 6.26. The lowest BCUT2D eigenvalue weighted by Gasteiger charge is -2.10. The Kier molecular flexibility index (Phi) is 4.29. The van der Waals surface area contributed by atoms with Gasteiger partial charge in [-0.05, 0) is 46.6 Å². The van der Waals surface area contributed by atoms with Crippen LogP contribution in [0.2, 0.25) is 0 Å². The van der Waals surface area contributed by atoms with Crippen LogP contribution in [-0.2, 0) is 0 Å². The van der Waals surface area contributed by atoms with E-state index in [1.807, 2.05) is 6.07 Å². The number of hydrogen-bond donors (Lipinski definition) is 3. The first-order chi connectivity index (χ1) is 11.4.